The lowest BCUT2D eigenvalue weighted by atomic mass is 10.0. The fraction of sp³-hybridized carbons (Fsp3) is 0.729. The van der Waals surface area contributed by atoms with Gasteiger partial charge in [0.1, 0.15) is 36.3 Å². The summed E-state index contributed by atoms with van der Waals surface area (Å²) >= 11 is 0. The number of carbonyl (C=O) groups excluding carboxylic acids is 9. The Labute approximate surface area is 439 Å². The second kappa shape index (κ2) is 38.3. The zero-order valence-electron chi connectivity index (χ0n) is 43.5. The van der Waals surface area contributed by atoms with E-state index in [4.69, 9.17) is 11.5 Å². The average Bonchev–Trinajstić information content (AvgIpc) is 3.87. The number of H-pyrrole nitrogens is 1. The van der Waals surface area contributed by atoms with Crippen molar-refractivity contribution in [1.29, 1.82) is 0 Å². The number of aliphatic carboxylic acids is 1. The molecule has 0 saturated carbocycles. The minimum Gasteiger partial charge on any atom is -0.481 e. The number of nitrogens with one attached hydrogen (secondary N) is 8. The average molecular weight is 1090 g/mol. The molecule has 9 amide bonds. The van der Waals surface area contributed by atoms with Crippen LogP contribution in [-0.4, -0.2) is 148 Å². The lowest BCUT2D eigenvalue weighted by Crippen LogP contribution is -2.61. The van der Waals surface area contributed by atoms with Crippen LogP contribution < -0.4 is 48.1 Å². The molecule has 0 spiro atoms. The van der Waals surface area contributed by atoms with Crippen LogP contribution in [0, 0.1) is 0 Å². The number of unbranched alkanes of at least 4 members (excludes halogenated alkanes) is 13. The molecule has 6 atom stereocenters. The van der Waals surface area contributed by atoms with Gasteiger partial charge in [0.05, 0.1) is 31.0 Å². The van der Waals surface area contributed by atoms with E-state index in [-0.39, 0.29) is 31.4 Å². The number of nitrogens with two attached hydrogens (primary N) is 2. The third-order valence-corrected chi connectivity index (χ3v) is 13.3. The van der Waals surface area contributed by atoms with E-state index < -0.39 is 156 Å². The molecule has 0 aromatic carbocycles. The summed E-state index contributed by atoms with van der Waals surface area (Å²) in [6.45, 7) is 1.98. The highest BCUT2D eigenvalue weighted by Crippen LogP contribution is 2.14. The van der Waals surface area contributed by atoms with Crippen molar-refractivity contribution in [2.75, 3.05) is 19.0 Å². The highest BCUT2D eigenvalue weighted by molar-refractivity contribution is 7.90. The summed E-state index contributed by atoms with van der Waals surface area (Å²) in [5.74, 6) is -10.8. The summed E-state index contributed by atoms with van der Waals surface area (Å²) in [5.41, 5.74) is 11.0. The van der Waals surface area contributed by atoms with Crippen molar-refractivity contribution in [3.8, 4) is 0 Å². The van der Waals surface area contributed by atoms with E-state index in [0.29, 0.717) is 19.3 Å². The van der Waals surface area contributed by atoms with Gasteiger partial charge >= 0.3 is 5.97 Å². The predicted molar refractivity (Wildman–Crippen MR) is 274 cm³/mol. The highest BCUT2D eigenvalue weighted by Gasteiger charge is 2.34. The van der Waals surface area contributed by atoms with Gasteiger partial charge in [0.2, 0.25) is 63.2 Å². The minimum atomic E-state index is -4.13. The fourth-order valence-electron chi connectivity index (χ4n) is 7.62. The summed E-state index contributed by atoms with van der Waals surface area (Å²) in [4.78, 5) is 135. The molecule has 0 unspecified atom stereocenters. The standard InChI is InChI=1S/C48H83N11O15S/c1-3-5-7-8-9-10-11-12-13-14-15-16-17-20-41(64)59-75(73,74)26-18-21-40(63)53-34(23-25-42(65)66)44(68)57-38(30-61)48(72)55-35(22-24-39(49)62)45(69)56-36(27-32-28-51-31-52-32)46(70)58-37(29-60)47(71)54-33(43(50)67)19-6-4-2/h28,31,33-38,60-61H,3-27,29-30H2,1-2H3,(H2,49,62)(H2,50,67)(H,51,52)(H,53,63)(H,54,71)(H,55,72)(H,56,69)(H,57,68)(H,58,70)(H,59,64)(H,65,66)/t33-,34-,35-,36-,37-,38-/m0/s1. The number of carboxylic acids is 1. The quantitative estimate of drug-likeness (QED) is 0.0362. The number of carbonyl (C=O) groups is 10. The molecule has 26 nitrogen and oxygen atoms in total. The molecular formula is C48H83N11O15S. The van der Waals surface area contributed by atoms with Crippen molar-refractivity contribution < 1.29 is 71.7 Å². The van der Waals surface area contributed by atoms with Crippen LogP contribution in [0.2, 0.25) is 0 Å². The first-order valence-electron chi connectivity index (χ1n) is 26.0. The molecule has 0 bridgehead atoms. The number of sulfonamides is 1. The van der Waals surface area contributed by atoms with Crippen molar-refractivity contribution in [3.05, 3.63) is 18.2 Å². The number of aromatic amines is 1. The summed E-state index contributed by atoms with van der Waals surface area (Å²) in [7, 11) is -4.13. The number of amides is 9. The summed E-state index contributed by atoms with van der Waals surface area (Å²) < 4.78 is 27.2. The summed E-state index contributed by atoms with van der Waals surface area (Å²) in [5, 5.41) is 43.3. The number of aliphatic hydroxyl groups is 2. The largest absolute Gasteiger partial charge is 0.481 e. The minimum absolute atomic E-state index is 0.00878. The molecule has 0 fully saturated rings. The zero-order chi connectivity index (χ0) is 56.2. The zero-order valence-corrected chi connectivity index (χ0v) is 44.3. The van der Waals surface area contributed by atoms with Gasteiger partial charge in [-0.15, -0.1) is 0 Å². The molecule has 0 radical (unpaired) electrons. The summed E-state index contributed by atoms with van der Waals surface area (Å²) in [6, 6.07) is -9.53. The Morgan fingerprint density at radius 3 is 1.45 bits per heavy atom. The monoisotopic (exact) mass is 1090 g/mol. The molecule has 0 aliphatic rings. The van der Waals surface area contributed by atoms with E-state index in [2.05, 4.69) is 48.8 Å². The van der Waals surface area contributed by atoms with E-state index in [1.165, 1.54) is 63.9 Å². The van der Waals surface area contributed by atoms with Gasteiger partial charge in [0, 0.05) is 38.3 Å². The molecule has 1 heterocycles. The topological polar surface area (TPSA) is 430 Å². The Balaban J connectivity index is 2.94. The maximum atomic E-state index is 13.8. The van der Waals surface area contributed by atoms with Crippen LogP contribution in [0.5, 0.6) is 0 Å². The lowest BCUT2D eigenvalue weighted by Gasteiger charge is -2.26. The molecule has 75 heavy (non-hydrogen) atoms. The Kier molecular flexibility index (Phi) is 34.2. The normalized spacial score (nSPS) is 13.7. The fourth-order valence-corrected chi connectivity index (χ4v) is 8.70. The van der Waals surface area contributed by atoms with Crippen molar-refractivity contribution >= 4 is 69.2 Å². The van der Waals surface area contributed by atoms with Gasteiger partial charge in [-0.3, -0.25) is 52.7 Å². The number of aliphatic hydroxyl groups excluding tert-OH is 2. The maximum absolute atomic E-state index is 13.8. The Hall–Kier alpha value is -6.22. The number of nitrogens with zero attached hydrogens (tertiary/aromatic N) is 1. The molecule has 15 N–H and O–H groups in total. The van der Waals surface area contributed by atoms with Crippen molar-refractivity contribution in [2.24, 2.45) is 11.5 Å². The first-order chi connectivity index (χ1) is 35.7. The van der Waals surface area contributed by atoms with Gasteiger partial charge in [0.15, 0.2) is 0 Å². The van der Waals surface area contributed by atoms with Gasteiger partial charge in [-0.2, -0.15) is 0 Å². The van der Waals surface area contributed by atoms with Gasteiger partial charge < -0.3 is 63.7 Å². The third kappa shape index (κ3) is 30.7. The first kappa shape index (κ1) is 66.8. The van der Waals surface area contributed by atoms with Crippen LogP contribution in [0.4, 0.5) is 0 Å². The van der Waals surface area contributed by atoms with Gasteiger partial charge in [-0.1, -0.05) is 104 Å². The Morgan fingerprint density at radius 2 is 0.973 bits per heavy atom. The molecule has 0 aliphatic carbocycles. The first-order valence-corrected chi connectivity index (χ1v) is 27.6. The van der Waals surface area contributed by atoms with Gasteiger partial charge in [0.25, 0.3) is 0 Å². The predicted octanol–water partition coefficient (Wildman–Crippen LogP) is -0.641. The van der Waals surface area contributed by atoms with Gasteiger partial charge in [-0.25, -0.2) is 13.4 Å². The second-order valence-electron chi connectivity index (χ2n) is 18.5. The molecular weight excluding hydrogens is 1000 g/mol. The van der Waals surface area contributed by atoms with E-state index >= 15 is 0 Å². The van der Waals surface area contributed by atoms with Gasteiger partial charge in [-0.05, 0) is 32.1 Å². The highest BCUT2D eigenvalue weighted by atomic mass is 32.2. The lowest BCUT2D eigenvalue weighted by molar-refractivity contribution is -0.138. The molecule has 1 aromatic heterocycles. The number of aromatic nitrogens is 2. The number of carboxylic acid groups (broad SMARTS) is 1. The van der Waals surface area contributed by atoms with Crippen LogP contribution in [0.25, 0.3) is 0 Å². The summed E-state index contributed by atoms with van der Waals surface area (Å²) in [6.07, 6.45) is 15.1. The number of imidazole rings is 1. The van der Waals surface area contributed by atoms with Crippen LogP contribution in [0.15, 0.2) is 12.5 Å². The SMILES string of the molecule is CCCCCCCCCCCCCCCC(=O)NS(=O)(=O)CCCC(=O)N[C@@H](CCC(=O)O)C(=O)N[C@@H](CO)C(=O)N[C@@H](CCC(N)=O)C(=O)N[C@@H](Cc1c[nH]cn1)C(=O)N[C@@H](CO)C(=O)N[C@@H](CCCC)C(N)=O. The van der Waals surface area contributed by atoms with Crippen molar-refractivity contribution in [2.45, 2.75) is 204 Å². The van der Waals surface area contributed by atoms with Crippen LogP contribution in [0.1, 0.15) is 167 Å². The van der Waals surface area contributed by atoms with E-state index in [0.717, 1.165) is 25.7 Å². The van der Waals surface area contributed by atoms with Crippen molar-refractivity contribution in [3.63, 3.8) is 0 Å². The molecule has 426 valence electrons. The number of rotatable bonds is 44. The Morgan fingerprint density at radius 1 is 0.533 bits per heavy atom. The van der Waals surface area contributed by atoms with E-state index in [1.807, 2.05) is 11.6 Å². The number of hydrogen-bond donors (Lipinski definition) is 13. The number of hydrogen-bond acceptors (Lipinski definition) is 15. The molecule has 0 saturated heterocycles. The molecule has 27 heteroatoms. The van der Waals surface area contributed by atoms with E-state index in [9.17, 15) is 71.7 Å². The molecule has 1 rings (SSSR count). The third-order valence-electron chi connectivity index (χ3n) is 11.9. The van der Waals surface area contributed by atoms with E-state index in [1.54, 1.807) is 0 Å². The van der Waals surface area contributed by atoms with Crippen LogP contribution in [0.3, 0.4) is 0 Å². The molecule has 0 aliphatic heterocycles. The van der Waals surface area contributed by atoms with Crippen LogP contribution in [-0.2, 0) is 64.4 Å². The molecule has 1 aromatic rings. The second-order valence-corrected chi connectivity index (χ2v) is 20.3. The number of primary amides is 2. The smallest absolute Gasteiger partial charge is 0.303 e. The van der Waals surface area contributed by atoms with Crippen LogP contribution >= 0.6 is 0 Å². The van der Waals surface area contributed by atoms with Crippen molar-refractivity contribution in [1.82, 2.24) is 46.6 Å². The maximum Gasteiger partial charge on any atom is 0.303 e. The Bertz CT molecular complexity index is 2060.